The Bertz CT molecular complexity index is 936. The van der Waals surface area contributed by atoms with E-state index in [1.54, 1.807) is 19.1 Å². The molecule has 0 aliphatic rings. The van der Waals surface area contributed by atoms with Crippen LogP contribution in [0.4, 0.5) is 11.4 Å². The van der Waals surface area contributed by atoms with Crippen LogP contribution in [-0.2, 0) is 14.8 Å². The average molecular weight is 404 g/mol. The summed E-state index contributed by atoms with van der Waals surface area (Å²) in [5.41, 5.74) is 3.22. The molecule has 2 rings (SSSR count). The van der Waals surface area contributed by atoms with Gasteiger partial charge < -0.3 is 10.2 Å². The molecule has 0 fully saturated rings. The summed E-state index contributed by atoms with van der Waals surface area (Å²) < 4.78 is 26.1. The van der Waals surface area contributed by atoms with Crippen LogP contribution in [0.25, 0.3) is 0 Å². The zero-order chi connectivity index (χ0) is 21.1. The van der Waals surface area contributed by atoms with Gasteiger partial charge in [0, 0.05) is 31.5 Å². The molecule has 0 aromatic heterocycles. The molecule has 6 nitrogen and oxygen atoms in total. The molecule has 0 heterocycles. The summed E-state index contributed by atoms with van der Waals surface area (Å²) in [5, 5.41) is 2.82. The van der Waals surface area contributed by atoms with Gasteiger partial charge in [-0.05, 0) is 57.5 Å². The normalized spacial score (nSPS) is 11.7. The van der Waals surface area contributed by atoms with Crippen LogP contribution in [-0.4, -0.2) is 45.3 Å². The molecular weight excluding hydrogens is 374 g/mol. The van der Waals surface area contributed by atoms with E-state index in [-0.39, 0.29) is 23.4 Å². The van der Waals surface area contributed by atoms with Crippen molar-refractivity contribution in [3.8, 4) is 0 Å². The van der Waals surface area contributed by atoms with Gasteiger partial charge in [-0.1, -0.05) is 23.8 Å². The topological polar surface area (TPSA) is 69.7 Å². The molecule has 1 N–H and O–H groups in total. The van der Waals surface area contributed by atoms with Gasteiger partial charge in [-0.3, -0.25) is 4.79 Å². The highest BCUT2D eigenvalue weighted by Crippen LogP contribution is 2.23. The van der Waals surface area contributed by atoms with Crippen LogP contribution in [0.2, 0.25) is 0 Å². The quantitative estimate of drug-likeness (QED) is 0.769. The summed E-state index contributed by atoms with van der Waals surface area (Å²) in [4.78, 5) is 14.8. The summed E-state index contributed by atoms with van der Waals surface area (Å²) in [6.45, 7) is 7.98. The minimum absolute atomic E-state index is 0.135. The minimum Gasteiger partial charge on any atom is -0.360 e. The van der Waals surface area contributed by atoms with E-state index in [9.17, 15) is 13.2 Å². The SMILES string of the molecule is Cc1ccc(N(CC(=O)Nc2ccc(C)c(S(=O)(=O)N(C)C)c2)C(C)C)cc1. The number of rotatable bonds is 7. The highest BCUT2D eigenvalue weighted by Gasteiger charge is 2.21. The van der Waals surface area contributed by atoms with Crippen molar-refractivity contribution >= 4 is 27.3 Å². The van der Waals surface area contributed by atoms with Crippen molar-refractivity contribution in [2.45, 2.75) is 38.6 Å². The maximum absolute atomic E-state index is 12.6. The van der Waals surface area contributed by atoms with Gasteiger partial charge in [0.15, 0.2) is 0 Å². The Morgan fingerprint density at radius 1 is 1.04 bits per heavy atom. The first-order valence-corrected chi connectivity index (χ1v) is 10.6. The predicted octanol–water partition coefficient (Wildman–Crippen LogP) is 3.41. The fourth-order valence-electron chi connectivity index (χ4n) is 2.82. The van der Waals surface area contributed by atoms with E-state index in [0.717, 1.165) is 11.3 Å². The Morgan fingerprint density at radius 3 is 2.18 bits per heavy atom. The number of hydrogen-bond donors (Lipinski definition) is 1. The van der Waals surface area contributed by atoms with E-state index in [0.29, 0.717) is 11.3 Å². The van der Waals surface area contributed by atoms with Gasteiger partial charge in [-0.2, -0.15) is 0 Å². The maximum Gasteiger partial charge on any atom is 0.243 e. The van der Waals surface area contributed by atoms with Gasteiger partial charge in [-0.25, -0.2) is 12.7 Å². The molecular formula is C21H29N3O3S. The lowest BCUT2D eigenvalue weighted by molar-refractivity contribution is -0.115. The molecule has 0 aliphatic heterocycles. The molecule has 0 bridgehead atoms. The summed E-state index contributed by atoms with van der Waals surface area (Å²) >= 11 is 0. The maximum atomic E-state index is 12.6. The number of nitrogens with zero attached hydrogens (tertiary/aromatic N) is 2. The lowest BCUT2D eigenvalue weighted by Gasteiger charge is -2.28. The molecule has 2 aromatic rings. The van der Waals surface area contributed by atoms with Crippen LogP contribution in [0.15, 0.2) is 47.4 Å². The number of benzene rings is 2. The number of anilines is 2. The first kappa shape index (κ1) is 21.9. The number of amides is 1. The second kappa shape index (κ2) is 8.75. The third-order valence-electron chi connectivity index (χ3n) is 4.53. The molecule has 0 atom stereocenters. The van der Waals surface area contributed by atoms with Gasteiger partial charge in [0.25, 0.3) is 0 Å². The van der Waals surface area contributed by atoms with Crippen LogP contribution in [0.3, 0.4) is 0 Å². The zero-order valence-corrected chi connectivity index (χ0v) is 18.2. The second-order valence-electron chi connectivity index (χ2n) is 7.37. The van der Waals surface area contributed by atoms with Gasteiger partial charge in [0.1, 0.15) is 0 Å². The van der Waals surface area contributed by atoms with E-state index in [1.807, 2.05) is 49.9 Å². The smallest absolute Gasteiger partial charge is 0.243 e. The van der Waals surface area contributed by atoms with Crippen LogP contribution in [0.5, 0.6) is 0 Å². The van der Waals surface area contributed by atoms with Gasteiger partial charge >= 0.3 is 0 Å². The van der Waals surface area contributed by atoms with Crippen LogP contribution < -0.4 is 10.2 Å². The number of nitrogens with one attached hydrogen (secondary N) is 1. The predicted molar refractivity (Wildman–Crippen MR) is 114 cm³/mol. The molecule has 7 heteroatoms. The molecule has 28 heavy (non-hydrogen) atoms. The average Bonchev–Trinajstić information content (AvgIpc) is 2.61. The lowest BCUT2D eigenvalue weighted by Crippen LogP contribution is -2.38. The largest absolute Gasteiger partial charge is 0.360 e. The minimum atomic E-state index is -3.58. The number of hydrogen-bond acceptors (Lipinski definition) is 4. The Labute approximate surface area is 168 Å². The molecule has 152 valence electrons. The third kappa shape index (κ3) is 5.11. The van der Waals surface area contributed by atoms with Crippen molar-refractivity contribution in [1.29, 1.82) is 0 Å². The summed E-state index contributed by atoms with van der Waals surface area (Å²) in [5.74, 6) is -0.202. The Morgan fingerprint density at radius 2 is 1.64 bits per heavy atom. The first-order valence-electron chi connectivity index (χ1n) is 9.18. The van der Waals surface area contributed by atoms with Crippen LogP contribution in [0, 0.1) is 13.8 Å². The van der Waals surface area contributed by atoms with Gasteiger partial charge in [0.2, 0.25) is 15.9 Å². The molecule has 0 saturated carbocycles. The van der Waals surface area contributed by atoms with E-state index in [2.05, 4.69) is 5.32 Å². The monoisotopic (exact) mass is 403 g/mol. The van der Waals surface area contributed by atoms with Crippen molar-refractivity contribution in [3.63, 3.8) is 0 Å². The van der Waals surface area contributed by atoms with Gasteiger partial charge in [0.05, 0.1) is 11.4 Å². The van der Waals surface area contributed by atoms with Crippen molar-refractivity contribution < 1.29 is 13.2 Å². The molecule has 0 spiro atoms. The van der Waals surface area contributed by atoms with E-state index in [4.69, 9.17) is 0 Å². The number of aryl methyl sites for hydroxylation is 2. The summed E-state index contributed by atoms with van der Waals surface area (Å²) in [6, 6.07) is 13.1. The van der Waals surface area contributed by atoms with E-state index >= 15 is 0 Å². The first-order chi connectivity index (χ1) is 13.0. The van der Waals surface area contributed by atoms with Crippen LogP contribution in [0.1, 0.15) is 25.0 Å². The number of sulfonamides is 1. The van der Waals surface area contributed by atoms with Crippen molar-refractivity contribution in [1.82, 2.24) is 4.31 Å². The third-order valence-corrected chi connectivity index (χ3v) is 6.49. The van der Waals surface area contributed by atoms with Crippen molar-refractivity contribution in [2.75, 3.05) is 30.9 Å². The summed E-state index contributed by atoms with van der Waals surface area (Å²) in [6.07, 6.45) is 0. The molecule has 0 unspecified atom stereocenters. The highest BCUT2D eigenvalue weighted by molar-refractivity contribution is 7.89. The zero-order valence-electron chi connectivity index (χ0n) is 17.4. The molecule has 0 saturated heterocycles. The number of carbonyl (C=O) groups is 1. The Balaban J connectivity index is 2.21. The molecule has 0 radical (unpaired) electrons. The Hall–Kier alpha value is -2.38. The molecule has 1 amide bonds. The van der Waals surface area contributed by atoms with Gasteiger partial charge in [-0.15, -0.1) is 0 Å². The van der Waals surface area contributed by atoms with E-state index in [1.165, 1.54) is 24.5 Å². The van der Waals surface area contributed by atoms with Crippen molar-refractivity contribution in [2.24, 2.45) is 0 Å². The molecule has 0 aliphatic carbocycles. The standard InChI is InChI=1S/C21H29N3O3S/c1-15(2)24(19-11-7-16(3)8-12-19)14-21(25)22-18-10-9-17(4)20(13-18)28(26,27)23(5)6/h7-13,15H,14H2,1-6H3,(H,22,25). The lowest BCUT2D eigenvalue weighted by atomic mass is 10.2. The second-order valence-corrected chi connectivity index (χ2v) is 9.49. The number of carbonyl (C=O) groups excluding carboxylic acids is 1. The highest BCUT2D eigenvalue weighted by atomic mass is 32.2. The Kier molecular flexibility index (Phi) is 6.85. The van der Waals surface area contributed by atoms with Crippen molar-refractivity contribution in [3.05, 3.63) is 53.6 Å². The fourth-order valence-corrected chi connectivity index (χ4v) is 3.96. The summed E-state index contributed by atoms with van der Waals surface area (Å²) in [7, 11) is -0.601. The fraction of sp³-hybridized carbons (Fsp3) is 0.381. The molecule has 2 aromatic carbocycles. The van der Waals surface area contributed by atoms with E-state index < -0.39 is 10.0 Å². The van der Waals surface area contributed by atoms with Crippen LogP contribution >= 0.6 is 0 Å².